The van der Waals surface area contributed by atoms with E-state index in [2.05, 4.69) is 10.3 Å². The van der Waals surface area contributed by atoms with Crippen LogP contribution >= 0.6 is 0 Å². The second kappa shape index (κ2) is 6.33. The average Bonchev–Trinajstić information content (AvgIpc) is 2.94. The Bertz CT molecular complexity index is 949. The maximum Gasteiger partial charge on any atom is 0.209 e. The van der Waals surface area contributed by atoms with E-state index in [1.54, 1.807) is 6.07 Å². The number of sulfone groups is 1. The summed E-state index contributed by atoms with van der Waals surface area (Å²) in [7, 11) is -3.57. The van der Waals surface area contributed by atoms with Gasteiger partial charge in [-0.25, -0.2) is 17.8 Å². The maximum atomic E-state index is 14.0. The van der Waals surface area contributed by atoms with Gasteiger partial charge in [0, 0.05) is 12.3 Å². The normalized spacial score (nSPS) is 13.3. The van der Waals surface area contributed by atoms with Gasteiger partial charge >= 0.3 is 0 Å². The average molecular weight is 348 g/mol. The van der Waals surface area contributed by atoms with Crippen LogP contribution in [-0.4, -0.2) is 19.7 Å². The van der Waals surface area contributed by atoms with Crippen LogP contribution in [0.5, 0.6) is 0 Å². The van der Waals surface area contributed by atoms with E-state index >= 15 is 0 Å². The molecule has 2 aromatic carbocycles. The van der Waals surface area contributed by atoms with Crippen molar-refractivity contribution in [1.29, 1.82) is 0 Å². The topological polar surface area (TPSA) is 72.2 Å². The number of para-hydroxylation sites is 2. The van der Waals surface area contributed by atoms with E-state index in [0.717, 1.165) is 11.8 Å². The van der Waals surface area contributed by atoms with Crippen molar-refractivity contribution in [3.05, 3.63) is 59.7 Å². The summed E-state index contributed by atoms with van der Waals surface area (Å²) >= 11 is 0. The van der Waals surface area contributed by atoms with Crippen molar-refractivity contribution < 1.29 is 17.2 Å². The molecular weight excluding hydrogens is 331 g/mol. The number of halogens is 1. The highest BCUT2D eigenvalue weighted by Gasteiger charge is 2.16. The summed E-state index contributed by atoms with van der Waals surface area (Å²) in [6, 6.07) is 11.4. The highest BCUT2D eigenvalue weighted by Crippen LogP contribution is 2.21. The summed E-state index contributed by atoms with van der Waals surface area (Å²) < 4.78 is 42.5. The Morgan fingerprint density at radius 3 is 2.67 bits per heavy atom. The van der Waals surface area contributed by atoms with Crippen molar-refractivity contribution in [3.8, 4) is 0 Å². The highest BCUT2D eigenvalue weighted by atomic mass is 32.2. The van der Waals surface area contributed by atoms with Crippen molar-refractivity contribution in [1.82, 2.24) is 10.3 Å². The van der Waals surface area contributed by atoms with Gasteiger partial charge in [-0.2, -0.15) is 0 Å². The molecule has 0 radical (unpaired) electrons. The minimum atomic E-state index is -3.57. The van der Waals surface area contributed by atoms with Crippen molar-refractivity contribution in [2.45, 2.75) is 24.4 Å². The molecule has 0 saturated carbocycles. The SMILES string of the molecule is C[C@H](NCc1nc2ccccc2o1)c1ccc(S(C)(=O)=O)c(F)c1. The van der Waals surface area contributed by atoms with Gasteiger partial charge in [0.25, 0.3) is 0 Å². The minimum absolute atomic E-state index is 0.192. The third-order valence-electron chi connectivity index (χ3n) is 3.75. The van der Waals surface area contributed by atoms with E-state index in [4.69, 9.17) is 4.42 Å². The number of hydrogen-bond acceptors (Lipinski definition) is 5. The molecular formula is C17H17FN2O3S. The second-order valence-electron chi connectivity index (χ2n) is 5.64. The standard InChI is InChI=1S/C17H17FN2O3S/c1-11(12-7-8-16(13(18)9-12)24(2,21)22)19-10-17-20-14-5-3-4-6-15(14)23-17/h3-9,11,19H,10H2,1-2H3/t11-/m0/s1. The molecule has 24 heavy (non-hydrogen) atoms. The largest absolute Gasteiger partial charge is 0.439 e. The molecule has 7 heteroatoms. The number of aromatic nitrogens is 1. The van der Waals surface area contributed by atoms with E-state index in [9.17, 15) is 12.8 Å². The van der Waals surface area contributed by atoms with E-state index < -0.39 is 15.7 Å². The Labute approximate surface area is 139 Å². The fraction of sp³-hybridized carbons (Fsp3) is 0.235. The lowest BCUT2D eigenvalue weighted by Gasteiger charge is -2.14. The van der Waals surface area contributed by atoms with Crippen LogP contribution in [0.15, 0.2) is 51.8 Å². The zero-order valence-electron chi connectivity index (χ0n) is 13.3. The molecule has 0 aliphatic carbocycles. The van der Waals surface area contributed by atoms with Crippen molar-refractivity contribution in [2.24, 2.45) is 0 Å². The molecule has 1 atom stereocenters. The molecule has 3 aromatic rings. The molecule has 1 aromatic heterocycles. The van der Waals surface area contributed by atoms with E-state index in [0.29, 0.717) is 23.6 Å². The molecule has 0 bridgehead atoms. The molecule has 0 aliphatic rings. The number of rotatable bonds is 5. The molecule has 0 aliphatic heterocycles. The molecule has 0 spiro atoms. The van der Waals surface area contributed by atoms with E-state index in [-0.39, 0.29) is 10.9 Å². The van der Waals surface area contributed by atoms with Crippen molar-refractivity contribution in [2.75, 3.05) is 6.26 Å². The molecule has 3 rings (SSSR count). The summed E-state index contributed by atoms with van der Waals surface area (Å²) in [5.74, 6) is -0.207. The summed E-state index contributed by atoms with van der Waals surface area (Å²) in [5.41, 5.74) is 2.15. The number of fused-ring (bicyclic) bond motifs is 1. The lowest BCUT2D eigenvalue weighted by atomic mass is 10.1. The molecule has 5 nitrogen and oxygen atoms in total. The van der Waals surface area contributed by atoms with Crippen LogP contribution < -0.4 is 5.32 Å². The van der Waals surface area contributed by atoms with E-state index in [1.165, 1.54) is 12.1 Å². The third kappa shape index (κ3) is 3.47. The number of nitrogens with zero attached hydrogens (tertiary/aromatic N) is 1. The first kappa shape index (κ1) is 16.6. The first-order valence-electron chi connectivity index (χ1n) is 7.42. The molecule has 1 heterocycles. The predicted molar refractivity (Wildman–Crippen MR) is 88.8 cm³/mol. The Hall–Kier alpha value is -2.25. The first-order chi connectivity index (χ1) is 11.3. The van der Waals surface area contributed by atoms with Gasteiger partial charge in [-0.05, 0) is 36.8 Å². The Balaban J connectivity index is 1.73. The maximum absolute atomic E-state index is 14.0. The van der Waals surface area contributed by atoms with Gasteiger partial charge in [-0.1, -0.05) is 18.2 Å². The van der Waals surface area contributed by atoms with Gasteiger partial charge in [-0.15, -0.1) is 0 Å². The van der Waals surface area contributed by atoms with Crippen molar-refractivity contribution in [3.63, 3.8) is 0 Å². The van der Waals surface area contributed by atoms with Gasteiger partial charge in [-0.3, -0.25) is 0 Å². The molecule has 1 N–H and O–H groups in total. The molecule has 0 fully saturated rings. The van der Waals surface area contributed by atoms with E-state index in [1.807, 2.05) is 31.2 Å². The second-order valence-corrected chi connectivity index (χ2v) is 7.62. The van der Waals surface area contributed by atoms with Crippen LogP contribution in [0.1, 0.15) is 24.4 Å². The van der Waals surface area contributed by atoms with Crippen LogP contribution in [0, 0.1) is 5.82 Å². The number of hydrogen-bond donors (Lipinski definition) is 1. The minimum Gasteiger partial charge on any atom is -0.439 e. The van der Waals surface area contributed by atoms with Crippen LogP contribution in [0.4, 0.5) is 4.39 Å². The fourth-order valence-electron chi connectivity index (χ4n) is 2.44. The number of nitrogens with one attached hydrogen (secondary N) is 1. The molecule has 0 unspecified atom stereocenters. The Morgan fingerprint density at radius 2 is 2.00 bits per heavy atom. The van der Waals surface area contributed by atoms with Gasteiger partial charge < -0.3 is 9.73 Å². The summed E-state index contributed by atoms with van der Waals surface area (Å²) in [5, 5.41) is 3.19. The van der Waals surface area contributed by atoms with Crippen LogP contribution in [0.3, 0.4) is 0 Å². The molecule has 0 saturated heterocycles. The fourth-order valence-corrected chi connectivity index (χ4v) is 3.17. The van der Waals surface area contributed by atoms with Crippen LogP contribution in [0.25, 0.3) is 11.1 Å². The van der Waals surface area contributed by atoms with Gasteiger partial charge in [0.05, 0.1) is 6.54 Å². The first-order valence-corrected chi connectivity index (χ1v) is 9.31. The Morgan fingerprint density at radius 1 is 1.25 bits per heavy atom. The van der Waals surface area contributed by atoms with Crippen LogP contribution in [-0.2, 0) is 16.4 Å². The monoisotopic (exact) mass is 348 g/mol. The number of oxazole rings is 1. The lowest BCUT2D eigenvalue weighted by Crippen LogP contribution is -2.18. The summed E-state index contributed by atoms with van der Waals surface area (Å²) in [6.07, 6.45) is 0.986. The van der Waals surface area contributed by atoms with Gasteiger partial charge in [0.15, 0.2) is 15.4 Å². The lowest BCUT2D eigenvalue weighted by molar-refractivity contribution is 0.466. The smallest absolute Gasteiger partial charge is 0.209 e. The summed E-state index contributed by atoms with van der Waals surface area (Å²) in [6.45, 7) is 2.24. The summed E-state index contributed by atoms with van der Waals surface area (Å²) in [4.78, 5) is 4.07. The number of benzene rings is 2. The van der Waals surface area contributed by atoms with Crippen molar-refractivity contribution >= 4 is 20.9 Å². The molecule has 0 amide bonds. The zero-order chi connectivity index (χ0) is 17.3. The van der Waals surface area contributed by atoms with Gasteiger partial charge in [0.1, 0.15) is 16.2 Å². The Kier molecular flexibility index (Phi) is 4.38. The predicted octanol–water partition coefficient (Wildman–Crippen LogP) is 3.22. The molecule has 126 valence electrons. The van der Waals surface area contributed by atoms with Gasteiger partial charge in [0.2, 0.25) is 5.89 Å². The quantitative estimate of drug-likeness (QED) is 0.766. The highest BCUT2D eigenvalue weighted by molar-refractivity contribution is 7.90. The third-order valence-corrected chi connectivity index (χ3v) is 4.88. The van der Waals surface area contributed by atoms with Crippen LogP contribution in [0.2, 0.25) is 0 Å². The zero-order valence-corrected chi connectivity index (χ0v) is 14.1.